The van der Waals surface area contributed by atoms with Crippen molar-refractivity contribution in [1.82, 2.24) is 0 Å². The second kappa shape index (κ2) is 8.99. The minimum Gasteiger partial charge on any atom is -0.476 e. The van der Waals surface area contributed by atoms with Crippen molar-refractivity contribution in [1.29, 1.82) is 0 Å². The van der Waals surface area contributed by atoms with Gasteiger partial charge in [0.2, 0.25) is 16.1 Å². The fraction of sp³-hybridized carbons (Fsp3) is 0.174. The van der Waals surface area contributed by atoms with Gasteiger partial charge in [0.25, 0.3) is 5.91 Å². The molecule has 0 bridgehead atoms. The summed E-state index contributed by atoms with van der Waals surface area (Å²) < 4.78 is 31.8. The van der Waals surface area contributed by atoms with E-state index in [0.717, 1.165) is 0 Å². The standard InChI is InChI=1S/C23H21ClN2O4S/c24-20-13-12-18(26-14-7-15-31(26,28)29)16-21(20)25-23(27)22(17-8-3-1-4-9-17)30-19-10-5-2-6-11-19/h1-6,8-13,16,22H,7,14-15H2,(H,25,27). The van der Waals surface area contributed by atoms with Gasteiger partial charge < -0.3 is 10.1 Å². The third-order valence-electron chi connectivity index (χ3n) is 4.93. The van der Waals surface area contributed by atoms with E-state index < -0.39 is 22.0 Å². The number of hydrogen-bond donors (Lipinski definition) is 1. The van der Waals surface area contributed by atoms with E-state index in [-0.39, 0.29) is 5.75 Å². The van der Waals surface area contributed by atoms with Gasteiger partial charge in [0.15, 0.2) is 0 Å². The van der Waals surface area contributed by atoms with Gasteiger partial charge in [-0.1, -0.05) is 60.1 Å². The summed E-state index contributed by atoms with van der Waals surface area (Å²) in [6.45, 7) is 0.404. The molecule has 0 radical (unpaired) electrons. The molecule has 31 heavy (non-hydrogen) atoms. The molecule has 0 aromatic heterocycles. The molecule has 1 fully saturated rings. The Morgan fingerprint density at radius 1 is 1.00 bits per heavy atom. The number of amides is 1. The first-order chi connectivity index (χ1) is 14.9. The molecule has 1 aliphatic heterocycles. The first kappa shape index (κ1) is 21.2. The van der Waals surface area contributed by atoms with Crippen LogP contribution in [0.4, 0.5) is 11.4 Å². The van der Waals surface area contributed by atoms with E-state index in [1.54, 1.807) is 30.3 Å². The second-order valence-electron chi connectivity index (χ2n) is 7.12. The maximum atomic E-state index is 13.2. The molecular weight excluding hydrogens is 436 g/mol. The molecule has 1 N–H and O–H groups in total. The number of hydrogen-bond acceptors (Lipinski definition) is 4. The van der Waals surface area contributed by atoms with E-state index >= 15 is 0 Å². The van der Waals surface area contributed by atoms with Crippen molar-refractivity contribution in [3.63, 3.8) is 0 Å². The molecule has 4 rings (SSSR count). The molecule has 0 spiro atoms. The summed E-state index contributed by atoms with van der Waals surface area (Å²) >= 11 is 6.31. The highest BCUT2D eigenvalue weighted by Crippen LogP contribution is 2.32. The van der Waals surface area contributed by atoms with Gasteiger partial charge in [0.1, 0.15) is 5.75 Å². The number of nitrogens with one attached hydrogen (secondary N) is 1. The highest BCUT2D eigenvalue weighted by atomic mass is 35.5. The first-order valence-electron chi connectivity index (χ1n) is 9.81. The summed E-state index contributed by atoms with van der Waals surface area (Å²) in [5.74, 6) is 0.242. The summed E-state index contributed by atoms with van der Waals surface area (Å²) in [6.07, 6.45) is -0.355. The van der Waals surface area contributed by atoms with Crippen LogP contribution in [0.25, 0.3) is 0 Å². The Morgan fingerprint density at radius 2 is 1.68 bits per heavy atom. The number of nitrogens with zero attached hydrogens (tertiary/aromatic N) is 1. The predicted octanol–water partition coefficient (Wildman–Crippen LogP) is 4.64. The fourth-order valence-corrected chi connectivity index (χ4v) is 5.15. The van der Waals surface area contributed by atoms with Crippen LogP contribution in [0.5, 0.6) is 5.75 Å². The maximum absolute atomic E-state index is 13.2. The van der Waals surface area contributed by atoms with Gasteiger partial charge in [-0.15, -0.1) is 0 Å². The Labute approximate surface area is 186 Å². The zero-order chi connectivity index (χ0) is 21.8. The van der Waals surface area contributed by atoms with Crippen LogP contribution in [-0.2, 0) is 14.8 Å². The van der Waals surface area contributed by atoms with E-state index in [0.29, 0.717) is 40.7 Å². The Balaban J connectivity index is 1.62. The lowest BCUT2D eigenvalue weighted by Gasteiger charge is -2.21. The van der Waals surface area contributed by atoms with Crippen molar-refractivity contribution >= 4 is 38.9 Å². The molecule has 1 amide bonds. The third-order valence-corrected chi connectivity index (χ3v) is 7.13. The lowest BCUT2D eigenvalue weighted by atomic mass is 10.1. The van der Waals surface area contributed by atoms with Gasteiger partial charge in [-0.3, -0.25) is 9.10 Å². The van der Waals surface area contributed by atoms with Gasteiger partial charge >= 0.3 is 0 Å². The molecule has 1 unspecified atom stereocenters. The third kappa shape index (κ3) is 4.84. The molecule has 160 valence electrons. The number of para-hydroxylation sites is 1. The van der Waals surface area contributed by atoms with Crippen LogP contribution in [0.15, 0.2) is 78.9 Å². The van der Waals surface area contributed by atoms with Crippen molar-refractivity contribution in [2.45, 2.75) is 12.5 Å². The van der Waals surface area contributed by atoms with Crippen LogP contribution in [-0.4, -0.2) is 26.6 Å². The molecule has 1 heterocycles. The van der Waals surface area contributed by atoms with Gasteiger partial charge in [-0.05, 0) is 36.8 Å². The Hall–Kier alpha value is -3.03. The van der Waals surface area contributed by atoms with Gasteiger partial charge in [0.05, 0.1) is 22.2 Å². The van der Waals surface area contributed by atoms with Gasteiger partial charge in [-0.25, -0.2) is 8.42 Å². The topological polar surface area (TPSA) is 75.7 Å². The molecule has 1 atom stereocenters. The normalized spacial score (nSPS) is 16.0. The average Bonchev–Trinajstić information content (AvgIpc) is 3.14. The lowest BCUT2D eigenvalue weighted by molar-refractivity contribution is -0.123. The number of halogens is 1. The van der Waals surface area contributed by atoms with Crippen molar-refractivity contribution in [3.05, 3.63) is 89.4 Å². The summed E-state index contributed by atoms with van der Waals surface area (Å²) in [7, 11) is -3.35. The van der Waals surface area contributed by atoms with E-state index in [1.807, 2.05) is 48.5 Å². The van der Waals surface area contributed by atoms with Crippen LogP contribution >= 0.6 is 11.6 Å². The van der Waals surface area contributed by atoms with Gasteiger partial charge in [0, 0.05) is 12.1 Å². The Morgan fingerprint density at radius 3 is 2.32 bits per heavy atom. The quantitative estimate of drug-likeness (QED) is 0.586. The summed E-state index contributed by atoms with van der Waals surface area (Å²) in [6, 6.07) is 23.0. The summed E-state index contributed by atoms with van der Waals surface area (Å²) in [5.41, 5.74) is 1.47. The molecule has 6 nitrogen and oxygen atoms in total. The molecule has 1 aliphatic rings. The zero-order valence-corrected chi connectivity index (χ0v) is 18.1. The minimum atomic E-state index is -3.35. The first-order valence-corrected chi connectivity index (χ1v) is 11.8. The van der Waals surface area contributed by atoms with E-state index in [1.165, 1.54) is 4.31 Å². The predicted molar refractivity (Wildman–Crippen MR) is 122 cm³/mol. The summed E-state index contributed by atoms with van der Waals surface area (Å²) in [4.78, 5) is 13.2. The molecule has 0 saturated carbocycles. The monoisotopic (exact) mass is 456 g/mol. The van der Waals surface area contributed by atoms with Crippen LogP contribution < -0.4 is 14.4 Å². The molecular formula is C23H21ClN2O4S. The fourth-order valence-electron chi connectivity index (χ4n) is 3.43. The van der Waals surface area contributed by atoms with Crippen molar-refractivity contribution in [2.24, 2.45) is 0 Å². The van der Waals surface area contributed by atoms with Crippen molar-refractivity contribution in [2.75, 3.05) is 21.9 Å². The smallest absolute Gasteiger partial charge is 0.270 e. The number of sulfonamides is 1. The summed E-state index contributed by atoms with van der Waals surface area (Å²) in [5, 5.41) is 3.11. The van der Waals surface area contributed by atoms with E-state index in [2.05, 4.69) is 5.32 Å². The SMILES string of the molecule is O=C(Nc1cc(N2CCCS2(=O)=O)ccc1Cl)C(Oc1ccccc1)c1ccccc1. The zero-order valence-electron chi connectivity index (χ0n) is 16.6. The molecule has 0 aliphatic carbocycles. The minimum absolute atomic E-state index is 0.109. The van der Waals surface area contributed by atoms with Gasteiger partial charge in [-0.2, -0.15) is 0 Å². The van der Waals surface area contributed by atoms with E-state index in [9.17, 15) is 13.2 Å². The Bertz CT molecular complexity index is 1170. The lowest BCUT2D eigenvalue weighted by Crippen LogP contribution is -2.27. The van der Waals surface area contributed by atoms with Crippen molar-refractivity contribution < 1.29 is 17.9 Å². The maximum Gasteiger partial charge on any atom is 0.270 e. The highest BCUT2D eigenvalue weighted by Gasteiger charge is 2.29. The number of carbonyl (C=O) groups is 1. The number of ether oxygens (including phenoxy) is 1. The Kier molecular flexibility index (Phi) is 6.15. The van der Waals surface area contributed by atoms with Crippen LogP contribution in [0.1, 0.15) is 18.1 Å². The van der Waals surface area contributed by atoms with Crippen LogP contribution in [0.2, 0.25) is 5.02 Å². The van der Waals surface area contributed by atoms with Crippen molar-refractivity contribution in [3.8, 4) is 5.75 Å². The highest BCUT2D eigenvalue weighted by molar-refractivity contribution is 7.93. The largest absolute Gasteiger partial charge is 0.476 e. The number of rotatable bonds is 6. The molecule has 1 saturated heterocycles. The van der Waals surface area contributed by atoms with Crippen LogP contribution in [0, 0.1) is 0 Å². The number of carbonyl (C=O) groups excluding carboxylic acids is 1. The molecule has 3 aromatic rings. The van der Waals surface area contributed by atoms with Crippen LogP contribution in [0.3, 0.4) is 0 Å². The second-order valence-corrected chi connectivity index (χ2v) is 9.54. The molecule has 8 heteroatoms. The average molecular weight is 457 g/mol. The van der Waals surface area contributed by atoms with E-state index in [4.69, 9.17) is 16.3 Å². The molecule has 3 aromatic carbocycles. The number of anilines is 2. The number of benzene rings is 3.